The van der Waals surface area contributed by atoms with Gasteiger partial charge in [-0.3, -0.25) is 9.69 Å². The van der Waals surface area contributed by atoms with Crippen molar-refractivity contribution >= 4 is 11.9 Å². The second kappa shape index (κ2) is 4.64. The lowest BCUT2D eigenvalue weighted by atomic mass is 10.0. The molecule has 2 N–H and O–H groups in total. The van der Waals surface area contributed by atoms with Crippen molar-refractivity contribution in [1.29, 1.82) is 0 Å². The number of urea groups is 1. The highest BCUT2D eigenvalue weighted by Crippen LogP contribution is 2.18. The minimum Gasteiger partial charge on any atom is -0.324 e. The van der Waals surface area contributed by atoms with Crippen molar-refractivity contribution in [2.24, 2.45) is 0 Å². The van der Waals surface area contributed by atoms with Gasteiger partial charge in [-0.1, -0.05) is 6.42 Å². The maximum absolute atomic E-state index is 11.9. The first-order valence-electron chi connectivity index (χ1n) is 6.38. The average molecular weight is 239 g/mol. The van der Waals surface area contributed by atoms with Gasteiger partial charge in [0.25, 0.3) is 5.91 Å². The van der Waals surface area contributed by atoms with Crippen LogP contribution in [0.25, 0.3) is 0 Å². The maximum Gasteiger partial charge on any atom is 0.325 e. The van der Waals surface area contributed by atoms with Crippen LogP contribution < -0.4 is 10.6 Å². The van der Waals surface area contributed by atoms with Crippen LogP contribution in [0.4, 0.5) is 4.79 Å². The summed E-state index contributed by atoms with van der Waals surface area (Å²) in [5.41, 5.74) is -0.739. The molecule has 0 radical (unpaired) electrons. The number of hydrogen-bond donors (Lipinski definition) is 2. The monoisotopic (exact) mass is 239 g/mol. The molecule has 96 valence electrons. The van der Waals surface area contributed by atoms with Crippen LogP contribution in [0.3, 0.4) is 0 Å². The number of amides is 3. The summed E-state index contributed by atoms with van der Waals surface area (Å²) in [7, 11) is 0. The van der Waals surface area contributed by atoms with Gasteiger partial charge in [0.15, 0.2) is 0 Å². The van der Waals surface area contributed by atoms with Crippen LogP contribution in [0.2, 0.25) is 0 Å². The normalized spacial score (nSPS) is 28.4. The Balaban J connectivity index is 1.86. The quantitative estimate of drug-likeness (QED) is 0.718. The zero-order valence-electron chi connectivity index (χ0n) is 10.6. The summed E-state index contributed by atoms with van der Waals surface area (Å²) >= 11 is 0. The van der Waals surface area contributed by atoms with E-state index >= 15 is 0 Å². The zero-order chi connectivity index (χ0) is 12.5. The van der Waals surface area contributed by atoms with Crippen molar-refractivity contribution in [3.63, 3.8) is 0 Å². The van der Waals surface area contributed by atoms with E-state index in [2.05, 4.69) is 10.6 Å². The molecule has 2 rings (SSSR count). The number of nitrogens with one attached hydrogen (secondary N) is 2. The number of imide groups is 1. The molecule has 0 aromatic carbocycles. The molecular weight excluding hydrogens is 218 g/mol. The molecule has 3 amide bonds. The van der Waals surface area contributed by atoms with Crippen LogP contribution in [0.1, 0.15) is 39.5 Å². The molecule has 5 nitrogen and oxygen atoms in total. The molecule has 17 heavy (non-hydrogen) atoms. The van der Waals surface area contributed by atoms with Crippen molar-refractivity contribution in [1.82, 2.24) is 15.5 Å². The summed E-state index contributed by atoms with van der Waals surface area (Å²) in [5, 5.41) is 6.12. The Morgan fingerprint density at radius 1 is 1.35 bits per heavy atom. The molecule has 0 bridgehead atoms. The number of carbonyl (C=O) groups excluding carboxylic acids is 2. The van der Waals surface area contributed by atoms with Crippen LogP contribution >= 0.6 is 0 Å². The molecule has 0 saturated carbocycles. The standard InChI is InChI=1S/C12H21N3O2/c1-12(2)10(16)15(11(17)14-12)8-6-9-5-3-4-7-13-9/h9,13H,3-8H2,1-2H3,(H,14,17)/t9-/m0/s1. The minimum atomic E-state index is -0.739. The van der Waals surface area contributed by atoms with Gasteiger partial charge in [0.2, 0.25) is 0 Å². The van der Waals surface area contributed by atoms with E-state index in [1.165, 1.54) is 17.7 Å². The Kier molecular flexibility index (Phi) is 3.38. The smallest absolute Gasteiger partial charge is 0.324 e. The average Bonchev–Trinajstić information content (AvgIpc) is 2.48. The van der Waals surface area contributed by atoms with Gasteiger partial charge < -0.3 is 10.6 Å². The lowest BCUT2D eigenvalue weighted by molar-refractivity contribution is -0.130. The van der Waals surface area contributed by atoms with Crippen molar-refractivity contribution < 1.29 is 9.59 Å². The molecule has 2 aliphatic rings. The van der Waals surface area contributed by atoms with Gasteiger partial charge in [-0.05, 0) is 39.7 Å². The van der Waals surface area contributed by atoms with Gasteiger partial charge in [-0.2, -0.15) is 0 Å². The topological polar surface area (TPSA) is 61.4 Å². The summed E-state index contributed by atoms with van der Waals surface area (Å²) in [6.45, 7) is 5.06. The molecule has 2 heterocycles. The van der Waals surface area contributed by atoms with Crippen molar-refractivity contribution in [3.05, 3.63) is 0 Å². The maximum atomic E-state index is 11.9. The van der Waals surface area contributed by atoms with Gasteiger partial charge in [-0.25, -0.2) is 4.79 Å². The van der Waals surface area contributed by atoms with Gasteiger partial charge in [-0.15, -0.1) is 0 Å². The van der Waals surface area contributed by atoms with E-state index in [0.29, 0.717) is 12.6 Å². The Morgan fingerprint density at radius 2 is 2.12 bits per heavy atom. The predicted octanol–water partition coefficient (Wildman–Crippen LogP) is 0.849. The van der Waals surface area contributed by atoms with Crippen LogP contribution in [0, 0.1) is 0 Å². The third-order valence-corrected chi connectivity index (χ3v) is 3.56. The van der Waals surface area contributed by atoms with Crippen LogP contribution in [-0.4, -0.2) is 41.5 Å². The third-order valence-electron chi connectivity index (χ3n) is 3.56. The highest BCUT2D eigenvalue weighted by atomic mass is 16.2. The predicted molar refractivity (Wildman–Crippen MR) is 64.6 cm³/mol. The molecule has 0 aliphatic carbocycles. The summed E-state index contributed by atoms with van der Waals surface area (Å²) in [6.07, 6.45) is 4.47. The molecule has 2 saturated heterocycles. The minimum absolute atomic E-state index is 0.113. The second-order valence-corrected chi connectivity index (χ2v) is 5.45. The molecule has 1 atom stereocenters. The first-order valence-corrected chi connectivity index (χ1v) is 6.38. The zero-order valence-corrected chi connectivity index (χ0v) is 10.6. The number of nitrogens with zero attached hydrogens (tertiary/aromatic N) is 1. The fraction of sp³-hybridized carbons (Fsp3) is 0.833. The number of hydrogen-bond acceptors (Lipinski definition) is 3. The first-order chi connectivity index (χ1) is 8.00. The third kappa shape index (κ3) is 2.60. The van der Waals surface area contributed by atoms with E-state index < -0.39 is 5.54 Å². The van der Waals surface area contributed by atoms with E-state index in [9.17, 15) is 9.59 Å². The summed E-state index contributed by atoms with van der Waals surface area (Å²) in [5.74, 6) is -0.113. The Bertz CT molecular complexity index is 322. The summed E-state index contributed by atoms with van der Waals surface area (Å²) in [6, 6.07) is 0.198. The molecular formula is C12H21N3O2. The highest BCUT2D eigenvalue weighted by Gasteiger charge is 2.43. The number of rotatable bonds is 3. The number of carbonyl (C=O) groups is 2. The fourth-order valence-corrected chi connectivity index (χ4v) is 2.48. The Labute approximate surface area is 102 Å². The lowest BCUT2D eigenvalue weighted by Gasteiger charge is -2.25. The highest BCUT2D eigenvalue weighted by molar-refractivity contribution is 6.06. The van der Waals surface area contributed by atoms with E-state index in [4.69, 9.17) is 0 Å². The number of piperidine rings is 1. The van der Waals surface area contributed by atoms with E-state index in [-0.39, 0.29) is 11.9 Å². The summed E-state index contributed by atoms with van der Waals surface area (Å²) < 4.78 is 0. The summed E-state index contributed by atoms with van der Waals surface area (Å²) in [4.78, 5) is 24.9. The molecule has 0 unspecified atom stereocenters. The molecule has 0 aromatic rings. The van der Waals surface area contributed by atoms with E-state index in [1.54, 1.807) is 13.8 Å². The Morgan fingerprint density at radius 3 is 2.65 bits per heavy atom. The SMILES string of the molecule is CC1(C)NC(=O)N(CC[C@@H]2CCCCN2)C1=O. The molecule has 5 heteroatoms. The fourth-order valence-electron chi connectivity index (χ4n) is 2.48. The van der Waals surface area contributed by atoms with E-state index in [0.717, 1.165) is 19.4 Å². The first kappa shape index (κ1) is 12.4. The lowest BCUT2D eigenvalue weighted by Crippen LogP contribution is -2.41. The Hall–Kier alpha value is -1.10. The molecule has 2 aliphatic heterocycles. The van der Waals surface area contributed by atoms with Gasteiger partial charge in [0, 0.05) is 12.6 Å². The molecule has 2 fully saturated rings. The van der Waals surface area contributed by atoms with E-state index in [1.807, 2.05) is 0 Å². The van der Waals surface area contributed by atoms with Crippen molar-refractivity contribution in [2.75, 3.05) is 13.1 Å². The van der Waals surface area contributed by atoms with Crippen molar-refractivity contribution in [2.45, 2.75) is 51.1 Å². The van der Waals surface area contributed by atoms with Gasteiger partial charge in [0.1, 0.15) is 5.54 Å². The second-order valence-electron chi connectivity index (χ2n) is 5.45. The largest absolute Gasteiger partial charge is 0.325 e. The van der Waals surface area contributed by atoms with Crippen LogP contribution in [0.5, 0.6) is 0 Å². The van der Waals surface area contributed by atoms with Gasteiger partial charge >= 0.3 is 6.03 Å². The van der Waals surface area contributed by atoms with Crippen LogP contribution in [0.15, 0.2) is 0 Å². The molecule has 0 spiro atoms. The molecule has 0 aromatic heterocycles. The van der Waals surface area contributed by atoms with Gasteiger partial charge in [0.05, 0.1) is 0 Å². The van der Waals surface area contributed by atoms with Crippen molar-refractivity contribution in [3.8, 4) is 0 Å². The van der Waals surface area contributed by atoms with Crippen LogP contribution in [-0.2, 0) is 4.79 Å².